The predicted molar refractivity (Wildman–Crippen MR) is 123 cm³/mol. The number of benzene rings is 2. The van der Waals surface area contributed by atoms with Crippen LogP contribution in [0.5, 0.6) is 11.5 Å². The second kappa shape index (κ2) is 7.73. The van der Waals surface area contributed by atoms with Crippen LogP contribution >= 0.6 is 0 Å². The van der Waals surface area contributed by atoms with Crippen LogP contribution in [-0.4, -0.2) is 24.1 Å². The van der Waals surface area contributed by atoms with Crippen molar-refractivity contribution in [3.8, 4) is 11.5 Å². The molecule has 3 aromatic rings. The van der Waals surface area contributed by atoms with Gasteiger partial charge in [0.1, 0.15) is 5.76 Å². The monoisotopic (exact) mass is 431 g/mol. The molecule has 1 amide bonds. The molecule has 1 aromatic heterocycles. The number of hydrogen-bond acceptors (Lipinski definition) is 4. The highest BCUT2D eigenvalue weighted by Gasteiger charge is 2.27. The van der Waals surface area contributed by atoms with Gasteiger partial charge in [-0.05, 0) is 110 Å². The Morgan fingerprint density at radius 3 is 2.19 bits per heavy atom. The third-order valence-corrected chi connectivity index (χ3v) is 7.37. The van der Waals surface area contributed by atoms with Gasteiger partial charge >= 0.3 is 0 Å². The molecule has 0 fully saturated rings. The molecule has 5 rings (SSSR count). The molecular weight excluding hydrogens is 402 g/mol. The summed E-state index contributed by atoms with van der Waals surface area (Å²) < 4.78 is 17.0. The maximum absolute atomic E-state index is 13.2. The molecule has 0 saturated carbocycles. The first-order valence-corrected chi connectivity index (χ1v) is 11.2. The Labute approximate surface area is 188 Å². The largest absolute Gasteiger partial charge is 0.456 e. The van der Waals surface area contributed by atoms with Crippen LogP contribution in [0, 0.1) is 34.6 Å². The molecule has 0 N–H and O–H groups in total. The summed E-state index contributed by atoms with van der Waals surface area (Å²) in [6.07, 6.45) is 1.49. The minimum absolute atomic E-state index is 0.0655. The Balaban J connectivity index is 1.35. The molecule has 0 aliphatic carbocycles. The fraction of sp³-hybridized carbons (Fsp3) is 0.370. The average molecular weight is 432 g/mol. The Morgan fingerprint density at radius 2 is 1.50 bits per heavy atom. The van der Waals surface area contributed by atoms with Gasteiger partial charge in [-0.1, -0.05) is 0 Å². The highest BCUT2D eigenvalue weighted by atomic mass is 16.7. The van der Waals surface area contributed by atoms with Crippen molar-refractivity contribution >= 4 is 5.91 Å². The number of fused-ring (bicyclic) bond motifs is 2. The van der Waals surface area contributed by atoms with Crippen LogP contribution in [0.3, 0.4) is 0 Å². The van der Waals surface area contributed by atoms with E-state index >= 15 is 0 Å². The number of rotatable bonds is 3. The van der Waals surface area contributed by atoms with Gasteiger partial charge in [-0.3, -0.25) is 4.79 Å². The van der Waals surface area contributed by atoms with Crippen molar-refractivity contribution < 1.29 is 18.7 Å². The van der Waals surface area contributed by atoms with Crippen LogP contribution in [0.25, 0.3) is 0 Å². The number of carbonyl (C=O) groups is 1. The predicted octanol–water partition coefficient (Wildman–Crippen LogP) is 5.34. The maximum atomic E-state index is 13.2. The first kappa shape index (κ1) is 20.7. The van der Waals surface area contributed by atoms with E-state index in [1.165, 1.54) is 38.9 Å². The molecule has 5 heteroatoms. The summed E-state index contributed by atoms with van der Waals surface area (Å²) in [6.45, 7) is 12.4. The van der Waals surface area contributed by atoms with E-state index < -0.39 is 0 Å². The fourth-order valence-electron chi connectivity index (χ4n) is 4.88. The lowest BCUT2D eigenvalue weighted by molar-refractivity contribution is 0.0700. The molecular formula is C27H29NO4. The summed E-state index contributed by atoms with van der Waals surface area (Å²) >= 11 is 0. The third-order valence-electron chi connectivity index (χ3n) is 7.37. The molecule has 3 heterocycles. The van der Waals surface area contributed by atoms with E-state index in [0.717, 1.165) is 29.2 Å². The lowest BCUT2D eigenvalue weighted by Crippen LogP contribution is -2.35. The van der Waals surface area contributed by atoms with Gasteiger partial charge in [0.2, 0.25) is 6.79 Å². The van der Waals surface area contributed by atoms with Gasteiger partial charge in [-0.15, -0.1) is 0 Å². The highest BCUT2D eigenvalue weighted by molar-refractivity contribution is 5.91. The van der Waals surface area contributed by atoms with Crippen molar-refractivity contribution in [1.82, 2.24) is 4.90 Å². The topological polar surface area (TPSA) is 51.9 Å². The van der Waals surface area contributed by atoms with Crippen LogP contribution in [-0.2, 0) is 19.4 Å². The van der Waals surface area contributed by atoms with Crippen molar-refractivity contribution in [2.24, 2.45) is 0 Å². The van der Waals surface area contributed by atoms with Crippen molar-refractivity contribution in [2.75, 3.05) is 13.3 Å². The van der Waals surface area contributed by atoms with E-state index in [1.807, 2.05) is 29.2 Å². The lowest BCUT2D eigenvalue weighted by atomic mass is 9.88. The number of nitrogens with zero attached hydrogens (tertiary/aromatic N) is 1. The first-order chi connectivity index (χ1) is 15.3. The molecule has 0 unspecified atom stereocenters. The molecule has 2 aromatic carbocycles. The Kier molecular flexibility index (Phi) is 5.00. The fourth-order valence-corrected chi connectivity index (χ4v) is 4.88. The summed E-state index contributed by atoms with van der Waals surface area (Å²) in [6, 6.07) is 7.79. The molecule has 166 valence electrons. The van der Waals surface area contributed by atoms with Gasteiger partial charge in [-0.2, -0.15) is 0 Å². The van der Waals surface area contributed by atoms with Gasteiger partial charge < -0.3 is 18.8 Å². The van der Waals surface area contributed by atoms with E-state index in [9.17, 15) is 4.79 Å². The Morgan fingerprint density at radius 1 is 0.875 bits per heavy atom. The molecule has 5 nitrogen and oxygen atoms in total. The van der Waals surface area contributed by atoms with Crippen LogP contribution < -0.4 is 9.47 Å². The van der Waals surface area contributed by atoms with Crippen LogP contribution in [0.15, 0.2) is 28.7 Å². The molecule has 0 saturated heterocycles. The minimum Gasteiger partial charge on any atom is -0.456 e. The quantitative estimate of drug-likeness (QED) is 0.562. The molecule has 2 aliphatic heterocycles. The summed E-state index contributed by atoms with van der Waals surface area (Å²) in [4.78, 5) is 15.0. The summed E-state index contributed by atoms with van der Waals surface area (Å²) in [7, 11) is 0. The van der Waals surface area contributed by atoms with Crippen molar-refractivity contribution in [2.45, 2.75) is 54.0 Å². The number of furan rings is 1. The van der Waals surface area contributed by atoms with Gasteiger partial charge in [0, 0.05) is 19.5 Å². The lowest BCUT2D eigenvalue weighted by Gasteiger charge is -2.28. The van der Waals surface area contributed by atoms with Gasteiger partial charge in [0.15, 0.2) is 17.3 Å². The molecule has 0 radical (unpaired) electrons. The maximum Gasteiger partial charge on any atom is 0.289 e. The van der Waals surface area contributed by atoms with Crippen LogP contribution in [0.2, 0.25) is 0 Å². The molecule has 0 spiro atoms. The van der Waals surface area contributed by atoms with Gasteiger partial charge in [0.05, 0.1) is 0 Å². The third kappa shape index (κ3) is 3.36. The normalized spacial score (nSPS) is 14.6. The molecule has 0 atom stereocenters. The number of hydrogen-bond donors (Lipinski definition) is 0. The zero-order chi connectivity index (χ0) is 22.6. The van der Waals surface area contributed by atoms with Crippen molar-refractivity contribution in [3.63, 3.8) is 0 Å². The second-order valence-corrected chi connectivity index (χ2v) is 9.00. The number of ether oxygens (including phenoxy) is 2. The van der Waals surface area contributed by atoms with E-state index in [4.69, 9.17) is 13.9 Å². The SMILES string of the molecule is Cc1c(C)c(C)c(Cc2ccc(C(=O)N3CCc4cc5c(cc4C3)OCO5)o2)c(C)c1C. The molecule has 2 aliphatic rings. The molecule has 32 heavy (non-hydrogen) atoms. The van der Waals surface area contributed by atoms with Crippen LogP contribution in [0.1, 0.15) is 60.8 Å². The minimum atomic E-state index is -0.0655. The van der Waals surface area contributed by atoms with E-state index in [-0.39, 0.29) is 12.7 Å². The van der Waals surface area contributed by atoms with Crippen molar-refractivity contribution in [1.29, 1.82) is 0 Å². The summed E-state index contributed by atoms with van der Waals surface area (Å²) in [5.41, 5.74) is 10.3. The van der Waals surface area contributed by atoms with E-state index in [1.54, 1.807) is 0 Å². The second-order valence-electron chi connectivity index (χ2n) is 9.00. The first-order valence-electron chi connectivity index (χ1n) is 11.2. The average Bonchev–Trinajstić information content (AvgIpc) is 3.46. The molecule has 0 bridgehead atoms. The Hall–Kier alpha value is -3.21. The number of amides is 1. The zero-order valence-corrected chi connectivity index (χ0v) is 19.4. The van der Waals surface area contributed by atoms with Gasteiger partial charge in [0.25, 0.3) is 5.91 Å². The van der Waals surface area contributed by atoms with E-state index in [0.29, 0.717) is 25.3 Å². The standard InChI is InChI=1S/C27H29NO4/c1-15-16(2)18(4)23(19(5)17(15)3)12-22-6-7-24(32-22)27(29)28-9-8-20-10-25-26(31-14-30-25)11-21(20)13-28/h6-7,10-11H,8-9,12-14H2,1-5H3. The van der Waals surface area contributed by atoms with Crippen LogP contribution in [0.4, 0.5) is 0 Å². The Bertz CT molecular complexity index is 1210. The number of carbonyl (C=O) groups excluding carboxylic acids is 1. The summed E-state index contributed by atoms with van der Waals surface area (Å²) in [5.74, 6) is 2.71. The highest BCUT2D eigenvalue weighted by Crippen LogP contribution is 2.37. The smallest absolute Gasteiger partial charge is 0.289 e. The van der Waals surface area contributed by atoms with Gasteiger partial charge in [-0.25, -0.2) is 0 Å². The van der Waals surface area contributed by atoms with Crippen molar-refractivity contribution in [3.05, 3.63) is 80.3 Å². The zero-order valence-electron chi connectivity index (χ0n) is 19.4. The summed E-state index contributed by atoms with van der Waals surface area (Å²) in [5, 5.41) is 0. The van der Waals surface area contributed by atoms with E-state index in [2.05, 4.69) is 34.6 Å².